The van der Waals surface area contributed by atoms with Gasteiger partial charge >= 0.3 is 0 Å². The Morgan fingerprint density at radius 3 is 2.96 bits per heavy atom. The first-order valence-corrected chi connectivity index (χ1v) is 10.4. The molecule has 2 aromatic rings. The van der Waals surface area contributed by atoms with Crippen LogP contribution in [-0.2, 0) is 10.8 Å². The zero-order valence-corrected chi connectivity index (χ0v) is 15.9. The van der Waals surface area contributed by atoms with Gasteiger partial charge in [0, 0.05) is 45.5 Å². The molecule has 2 heterocycles. The van der Waals surface area contributed by atoms with E-state index in [1.54, 1.807) is 6.20 Å². The van der Waals surface area contributed by atoms with Crippen LogP contribution in [0.1, 0.15) is 58.2 Å². The Balaban J connectivity index is 1.70. The third-order valence-electron chi connectivity index (χ3n) is 4.60. The SMILES string of the molecule is CCS(=O)C1CCCC(Nc2cc(-c3nc(C(C)C)no3)ccn2)C1. The fourth-order valence-electron chi connectivity index (χ4n) is 3.19. The van der Waals surface area contributed by atoms with Crippen molar-refractivity contribution < 1.29 is 8.73 Å². The van der Waals surface area contributed by atoms with Gasteiger partial charge in [-0.1, -0.05) is 32.3 Å². The van der Waals surface area contributed by atoms with Crippen molar-refractivity contribution in [3.05, 3.63) is 24.2 Å². The van der Waals surface area contributed by atoms with Crippen LogP contribution >= 0.6 is 0 Å². The molecule has 1 aliphatic carbocycles. The molecule has 136 valence electrons. The molecule has 0 radical (unpaired) electrons. The minimum atomic E-state index is -0.722. The highest BCUT2D eigenvalue weighted by Gasteiger charge is 2.25. The second-order valence-corrected chi connectivity index (χ2v) is 8.85. The van der Waals surface area contributed by atoms with E-state index in [0.29, 0.717) is 23.0 Å². The van der Waals surface area contributed by atoms with Crippen LogP contribution in [0.15, 0.2) is 22.9 Å². The number of hydrogen-bond acceptors (Lipinski definition) is 6. The largest absolute Gasteiger partial charge is 0.367 e. The average Bonchev–Trinajstić information content (AvgIpc) is 3.12. The van der Waals surface area contributed by atoms with Gasteiger partial charge in [0.25, 0.3) is 5.89 Å². The molecule has 0 aromatic carbocycles. The molecular formula is C18H26N4O2S. The first kappa shape index (κ1) is 18.0. The molecule has 1 aliphatic rings. The summed E-state index contributed by atoms with van der Waals surface area (Å²) in [4.78, 5) is 8.85. The van der Waals surface area contributed by atoms with Gasteiger partial charge in [0.1, 0.15) is 5.82 Å². The highest BCUT2D eigenvalue weighted by molar-refractivity contribution is 7.85. The van der Waals surface area contributed by atoms with Crippen molar-refractivity contribution in [2.45, 2.75) is 63.7 Å². The number of aromatic nitrogens is 3. The number of pyridine rings is 1. The Morgan fingerprint density at radius 2 is 2.24 bits per heavy atom. The number of nitrogens with zero attached hydrogens (tertiary/aromatic N) is 3. The first-order chi connectivity index (χ1) is 12.1. The lowest BCUT2D eigenvalue weighted by Gasteiger charge is -2.29. The molecule has 0 amide bonds. The van der Waals surface area contributed by atoms with E-state index >= 15 is 0 Å². The van der Waals surface area contributed by atoms with Gasteiger partial charge in [-0.15, -0.1) is 0 Å². The quantitative estimate of drug-likeness (QED) is 0.843. The number of hydrogen-bond donors (Lipinski definition) is 1. The Morgan fingerprint density at radius 1 is 1.40 bits per heavy atom. The lowest BCUT2D eigenvalue weighted by Crippen LogP contribution is -2.33. The molecule has 7 heteroatoms. The van der Waals surface area contributed by atoms with E-state index in [4.69, 9.17) is 4.52 Å². The molecule has 3 unspecified atom stereocenters. The van der Waals surface area contributed by atoms with Crippen LogP contribution in [0.2, 0.25) is 0 Å². The molecule has 3 rings (SSSR count). The standard InChI is InChI=1S/C18H26N4O2S/c1-4-25(23)15-7-5-6-14(11-15)20-16-10-13(8-9-19-16)18-21-17(12(2)3)22-24-18/h8-10,12,14-15H,4-7,11H2,1-3H3,(H,19,20). The predicted octanol–water partition coefficient (Wildman–Crippen LogP) is 3.75. The fourth-order valence-corrected chi connectivity index (χ4v) is 4.54. The summed E-state index contributed by atoms with van der Waals surface area (Å²) in [6.45, 7) is 6.07. The van der Waals surface area contributed by atoms with Gasteiger partial charge < -0.3 is 9.84 Å². The van der Waals surface area contributed by atoms with Crippen LogP contribution in [0.5, 0.6) is 0 Å². The van der Waals surface area contributed by atoms with Crippen LogP contribution in [0.3, 0.4) is 0 Å². The van der Waals surface area contributed by atoms with Gasteiger partial charge in [-0.2, -0.15) is 4.98 Å². The Kier molecular flexibility index (Phi) is 5.83. The molecule has 6 nitrogen and oxygen atoms in total. The van der Waals surface area contributed by atoms with Crippen molar-refractivity contribution in [2.75, 3.05) is 11.1 Å². The lowest BCUT2D eigenvalue weighted by molar-refractivity contribution is 0.419. The summed E-state index contributed by atoms with van der Waals surface area (Å²) in [5.74, 6) is 2.99. The molecule has 1 fully saturated rings. The summed E-state index contributed by atoms with van der Waals surface area (Å²) in [6.07, 6.45) is 5.94. The normalized spacial score (nSPS) is 22.1. The number of rotatable bonds is 6. The topological polar surface area (TPSA) is 80.9 Å². The van der Waals surface area contributed by atoms with Crippen LogP contribution in [0, 0.1) is 0 Å². The minimum absolute atomic E-state index is 0.232. The Labute approximate surface area is 151 Å². The van der Waals surface area contributed by atoms with E-state index in [1.807, 2.05) is 32.9 Å². The Hall–Kier alpha value is -1.76. The molecule has 0 aliphatic heterocycles. The molecule has 0 saturated heterocycles. The lowest BCUT2D eigenvalue weighted by atomic mass is 9.95. The second kappa shape index (κ2) is 8.08. The van der Waals surface area contributed by atoms with E-state index in [1.165, 1.54) is 0 Å². The maximum atomic E-state index is 12.1. The average molecular weight is 362 g/mol. The molecule has 1 N–H and O–H groups in total. The highest BCUT2D eigenvalue weighted by Crippen LogP contribution is 2.27. The molecular weight excluding hydrogens is 336 g/mol. The van der Waals surface area contributed by atoms with Crippen molar-refractivity contribution in [3.63, 3.8) is 0 Å². The second-order valence-electron chi connectivity index (χ2n) is 6.84. The molecule has 1 saturated carbocycles. The number of nitrogens with one attached hydrogen (secondary N) is 1. The van der Waals surface area contributed by atoms with E-state index in [0.717, 1.165) is 42.8 Å². The Bertz CT molecular complexity index is 731. The molecule has 3 atom stereocenters. The molecule has 0 bridgehead atoms. The van der Waals surface area contributed by atoms with Gasteiger partial charge in [-0.3, -0.25) is 4.21 Å². The number of anilines is 1. The maximum Gasteiger partial charge on any atom is 0.258 e. The monoisotopic (exact) mass is 362 g/mol. The van der Waals surface area contributed by atoms with Gasteiger partial charge in [-0.05, 0) is 31.4 Å². The van der Waals surface area contributed by atoms with Crippen LogP contribution in [0.25, 0.3) is 11.5 Å². The van der Waals surface area contributed by atoms with Crippen LogP contribution in [-0.4, -0.2) is 36.4 Å². The smallest absolute Gasteiger partial charge is 0.258 e. The van der Waals surface area contributed by atoms with E-state index in [9.17, 15) is 4.21 Å². The van der Waals surface area contributed by atoms with Crippen LogP contribution in [0.4, 0.5) is 5.82 Å². The third-order valence-corrected chi connectivity index (χ3v) is 6.34. The minimum Gasteiger partial charge on any atom is -0.367 e. The maximum absolute atomic E-state index is 12.1. The van der Waals surface area contributed by atoms with Crippen LogP contribution < -0.4 is 5.32 Å². The first-order valence-electron chi connectivity index (χ1n) is 9.00. The van der Waals surface area contributed by atoms with E-state index in [2.05, 4.69) is 20.4 Å². The summed E-state index contributed by atoms with van der Waals surface area (Å²) >= 11 is 0. The zero-order chi connectivity index (χ0) is 17.8. The van der Waals surface area contributed by atoms with Gasteiger partial charge in [0.2, 0.25) is 0 Å². The van der Waals surface area contributed by atoms with Crippen molar-refractivity contribution >= 4 is 16.6 Å². The predicted molar refractivity (Wildman–Crippen MR) is 100.0 cm³/mol. The van der Waals surface area contributed by atoms with E-state index < -0.39 is 10.8 Å². The summed E-state index contributed by atoms with van der Waals surface area (Å²) in [5, 5.41) is 7.80. The highest BCUT2D eigenvalue weighted by atomic mass is 32.2. The van der Waals surface area contributed by atoms with Crippen molar-refractivity contribution in [2.24, 2.45) is 0 Å². The molecule has 0 spiro atoms. The fraction of sp³-hybridized carbons (Fsp3) is 0.611. The summed E-state index contributed by atoms with van der Waals surface area (Å²) in [7, 11) is -0.722. The zero-order valence-electron chi connectivity index (χ0n) is 15.1. The van der Waals surface area contributed by atoms with Gasteiger partial charge in [0.15, 0.2) is 5.82 Å². The van der Waals surface area contributed by atoms with Gasteiger partial charge in [0.05, 0.1) is 0 Å². The van der Waals surface area contributed by atoms with E-state index in [-0.39, 0.29) is 5.92 Å². The summed E-state index contributed by atoms with van der Waals surface area (Å²) in [5.41, 5.74) is 0.862. The van der Waals surface area contributed by atoms with Gasteiger partial charge in [-0.25, -0.2) is 4.98 Å². The summed E-state index contributed by atoms with van der Waals surface area (Å²) < 4.78 is 17.5. The van der Waals surface area contributed by atoms with Crippen molar-refractivity contribution in [3.8, 4) is 11.5 Å². The summed E-state index contributed by atoms with van der Waals surface area (Å²) in [6, 6.07) is 4.13. The van der Waals surface area contributed by atoms with Crippen molar-refractivity contribution in [1.82, 2.24) is 15.1 Å². The molecule has 2 aromatic heterocycles. The van der Waals surface area contributed by atoms with Crippen molar-refractivity contribution in [1.29, 1.82) is 0 Å². The molecule has 25 heavy (non-hydrogen) atoms. The third kappa shape index (κ3) is 4.45.